The monoisotopic (exact) mass is 389 g/mol. The Kier molecular flexibility index (Phi) is 3.63. The smallest absolute Gasteiger partial charge is 0.262 e. The zero-order valence-corrected chi connectivity index (χ0v) is 13.5. The van der Waals surface area contributed by atoms with Gasteiger partial charge >= 0.3 is 0 Å². The van der Waals surface area contributed by atoms with Gasteiger partial charge in [0.1, 0.15) is 0 Å². The van der Waals surface area contributed by atoms with Crippen molar-refractivity contribution < 1.29 is 9.59 Å². The number of aldehydes is 1. The quantitative estimate of drug-likeness (QED) is 0.490. The minimum Gasteiger partial charge on any atom is -0.298 e. The number of benzene rings is 2. The Morgan fingerprint density at radius 2 is 1.95 bits per heavy atom. The number of aromatic nitrogens is 1. The summed E-state index contributed by atoms with van der Waals surface area (Å²) in [6.07, 6.45) is 2.41. The number of aryl methyl sites for hydroxylation is 1. The summed E-state index contributed by atoms with van der Waals surface area (Å²) in [5, 5.41) is 0.828. The van der Waals surface area contributed by atoms with Gasteiger partial charge in [-0.1, -0.05) is 23.8 Å². The first-order chi connectivity index (χ1) is 10.1. The van der Waals surface area contributed by atoms with Gasteiger partial charge in [-0.2, -0.15) is 0 Å². The molecule has 3 aromatic rings. The fraction of sp³-hybridized carbons (Fsp3) is 0.0588. The second-order valence-corrected chi connectivity index (χ2v) is 6.04. The standard InChI is InChI=1S/C17H12INO2/c1-11-4-2-5-12(8-11)17(21)19-9-13(10-20)16-14(18)6-3-7-15(16)19/h2-10H,1H3. The highest BCUT2D eigenvalue weighted by molar-refractivity contribution is 14.1. The molecular formula is C17H12INO2. The molecule has 0 N–H and O–H groups in total. The van der Waals surface area contributed by atoms with Crippen LogP contribution in [0.15, 0.2) is 48.7 Å². The number of hydrogen-bond donors (Lipinski definition) is 0. The highest BCUT2D eigenvalue weighted by Crippen LogP contribution is 2.26. The van der Waals surface area contributed by atoms with Crippen molar-refractivity contribution in [3.63, 3.8) is 0 Å². The van der Waals surface area contributed by atoms with Crippen LogP contribution in [0.2, 0.25) is 0 Å². The van der Waals surface area contributed by atoms with Crippen LogP contribution in [0.5, 0.6) is 0 Å². The molecule has 0 saturated carbocycles. The third kappa shape index (κ3) is 2.40. The van der Waals surface area contributed by atoms with Crippen LogP contribution in [0.1, 0.15) is 26.3 Å². The van der Waals surface area contributed by atoms with Gasteiger partial charge in [0.05, 0.1) is 5.52 Å². The molecule has 0 saturated heterocycles. The second-order valence-electron chi connectivity index (χ2n) is 4.88. The fourth-order valence-electron chi connectivity index (χ4n) is 2.45. The molecule has 3 rings (SSSR count). The first-order valence-corrected chi connectivity index (χ1v) is 7.56. The molecule has 0 bridgehead atoms. The number of nitrogens with zero attached hydrogens (tertiary/aromatic N) is 1. The van der Waals surface area contributed by atoms with Gasteiger partial charge < -0.3 is 0 Å². The maximum Gasteiger partial charge on any atom is 0.262 e. The van der Waals surface area contributed by atoms with Crippen LogP contribution >= 0.6 is 22.6 Å². The summed E-state index contributed by atoms with van der Waals surface area (Å²) in [5.74, 6) is -0.126. The van der Waals surface area contributed by atoms with E-state index in [0.29, 0.717) is 11.1 Å². The Morgan fingerprint density at radius 1 is 1.19 bits per heavy atom. The average molecular weight is 389 g/mol. The minimum absolute atomic E-state index is 0.126. The van der Waals surface area contributed by atoms with Gasteiger partial charge in [-0.05, 0) is 53.8 Å². The van der Waals surface area contributed by atoms with Crippen LogP contribution in [0.4, 0.5) is 0 Å². The van der Waals surface area contributed by atoms with Crippen molar-refractivity contribution in [2.24, 2.45) is 0 Å². The van der Waals surface area contributed by atoms with E-state index in [9.17, 15) is 9.59 Å². The fourth-order valence-corrected chi connectivity index (χ4v) is 3.24. The van der Waals surface area contributed by atoms with Crippen LogP contribution in [0.3, 0.4) is 0 Å². The molecule has 0 aliphatic heterocycles. The van der Waals surface area contributed by atoms with E-state index < -0.39 is 0 Å². The SMILES string of the molecule is Cc1cccc(C(=O)n2cc(C=O)c3c(I)cccc32)c1. The van der Waals surface area contributed by atoms with Crippen molar-refractivity contribution in [1.82, 2.24) is 4.57 Å². The number of carbonyl (C=O) groups is 2. The first-order valence-electron chi connectivity index (χ1n) is 6.48. The maximum absolute atomic E-state index is 12.7. The molecule has 21 heavy (non-hydrogen) atoms. The molecule has 0 fully saturated rings. The Morgan fingerprint density at radius 3 is 2.67 bits per heavy atom. The molecule has 2 aromatic carbocycles. The zero-order valence-electron chi connectivity index (χ0n) is 11.3. The molecule has 4 heteroatoms. The molecular weight excluding hydrogens is 377 g/mol. The van der Waals surface area contributed by atoms with E-state index in [4.69, 9.17) is 0 Å². The van der Waals surface area contributed by atoms with Crippen LogP contribution in [0.25, 0.3) is 10.9 Å². The third-order valence-electron chi connectivity index (χ3n) is 3.42. The van der Waals surface area contributed by atoms with Gasteiger partial charge in [0.15, 0.2) is 6.29 Å². The van der Waals surface area contributed by atoms with Crippen molar-refractivity contribution in [2.75, 3.05) is 0 Å². The molecule has 104 valence electrons. The number of hydrogen-bond acceptors (Lipinski definition) is 2. The summed E-state index contributed by atoms with van der Waals surface area (Å²) in [4.78, 5) is 24.0. The molecule has 0 aliphatic rings. The van der Waals surface area contributed by atoms with E-state index in [1.54, 1.807) is 16.8 Å². The summed E-state index contributed by atoms with van der Waals surface area (Å²) in [5.41, 5.74) is 2.94. The Hall–Kier alpha value is -1.95. The lowest BCUT2D eigenvalue weighted by atomic mass is 10.1. The summed E-state index contributed by atoms with van der Waals surface area (Å²) in [6, 6.07) is 13.1. The average Bonchev–Trinajstić information content (AvgIpc) is 2.86. The Labute approximate surface area is 135 Å². The molecule has 0 atom stereocenters. The Bertz CT molecular complexity index is 864. The third-order valence-corrected chi connectivity index (χ3v) is 4.32. The predicted molar refractivity (Wildman–Crippen MR) is 91.0 cm³/mol. The molecule has 3 nitrogen and oxygen atoms in total. The van der Waals surface area contributed by atoms with E-state index >= 15 is 0 Å². The lowest BCUT2D eigenvalue weighted by Gasteiger charge is -2.05. The van der Waals surface area contributed by atoms with Crippen LogP contribution in [0, 0.1) is 10.5 Å². The van der Waals surface area contributed by atoms with E-state index in [-0.39, 0.29) is 5.91 Å². The number of halogens is 1. The van der Waals surface area contributed by atoms with Crippen molar-refractivity contribution in [2.45, 2.75) is 6.92 Å². The molecule has 0 aliphatic carbocycles. The Balaban J connectivity index is 2.24. The molecule has 0 amide bonds. The number of rotatable bonds is 2. The zero-order chi connectivity index (χ0) is 15.0. The van der Waals surface area contributed by atoms with Crippen LogP contribution in [-0.4, -0.2) is 16.8 Å². The van der Waals surface area contributed by atoms with Gasteiger partial charge in [0, 0.05) is 26.3 Å². The summed E-state index contributed by atoms with van der Waals surface area (Å²) >= 11 is 2.18. The van der Waals surface area contributed by atoms with E-state index in [1.165, 1.54) is 0 Å². The lowest BCUT2D eigenvalue weighted by molar-refractivity contribution is 0.0965. The largest absolute Gasteiger partial charge is 0.298 e. The minimum atomic E-state index is -0.126. The maximum atomic E-state index is 12.7. The van der Waals surface area contributed by atoms with E-state index in [1.807, 2.05) is 43.3 Å². The summed E-state index contributed by atoms with van der Waals surface area (Å²) in [6.45, 7) is 1.95. The molecule has 0 spiro atoms. The molecule has 1 heterocycles. The highest BCUT2D eigenvalue weighted by Gasteiger charge is 2.16. The van der Waals surface area contributed by atoms with Gasteiger partial charge in [0.25, 0.3) is 5.91 Å². The summed E-state index contributed by atoms with van der Waals surface area (Å²) in [7, 11) is 0. The lowest BCUT2D eigenvalue weighted by Crippen LogP contribution is -2.10. The normalized spacial score (nSPS) is 10.8. The second kappa shape index (κ2) is 5.44. The topological polar surface area (TPSA) is 39.1 Å². The summed E-state index contributed by atoms with van der Waals surface area (Å²) < 4.78 is 2.51. The van der Waals surface area contributed by atoms with Gasteiger partial charge in [0.2, 0.25) is 0 Å². The van der Waals surface area contributed by atoms with Gasteiger partial charge in [-0.3, -0.25) is 14.2 Å². The van der Waals surface area contributed by atoms with E-state index in [0.717, 1.165) is 26.3 Å². The molecule has 0 unspecified atom stereocenters. The number of carbonyl (C=O) groups excluding carboxylic acids is 2. The van der Waals surface area contributed by atoms with Crippen molar-refractivity contribution >= 4 is 45.7 Å². The van der Waals surface area contributed by atoms with Gasteiger partial charge in [-0.15, -0.1) is 0 Å². The molecule has 0 radical (unpaired) electrons. The first kappa shape index (κ1) is 14.0. The van der Waals surface area contributed by atoms with Crippen molar-refractivity contribution in [1.29, 1.82) is 0 Å². The molecule has 1 aromatic heterocycles. The number of fused-ring (bicyclic) bond motifs is 1. The highest BCUT2D eigenvalue weighted by atomic mass is 127. The predicted octanol–water partition coefficient (Wildman–Crippen LogP) is 4.06. The van der Waals surface area contributed by atoms with Gasteiger partial charge in [-0.25, -0.2) is 0 Å². The van der Waals surface area contributed by atoms with Crippen LogP contribution in [-0.2, 0) is 0 Å². The van der Waals surface area contributed by atoms with E-state index in [2.05, 4.69) is 22.6 Å². The van der Waals surface area contributed by atoms with Crippen LogP contribution < -0.4 is 0 Å². The van der Waals surface area contributed by atoms with Crippen molar-refractivity contribution in [3.8, 4) is 0 Å². The van der Waals surface area contributed by atoms with Crippen molar-refractivity contribution in [3.05, 3.63) is 68.9 Å².